The van der Waals surface area contributed by atoms with Gasteiger partial charge in [0.05, 0.1) is 6.04 Å². The highest BCUT2D eigenvalue weighted by Gasteiger charge is 2.11. The van der Waals surface area contributed by atoms with Gasteiger partial charge in [-0.2, -0.15) is 0 Å². The molecule has 0 fully saturated rings. The van der Waals surface area contributed by atoms with Crippen LogP contribution in [0, 0.1) is 0 Å². The summed E-state index contributed by atoms with van der Waals surface area (Å²) < 4.78 is 0. The van der Waals surface area contributed by atoms with E-state index in [1.165, 1.54) is 0 Å². The van der Waals surface area contributed by atoms with Crippen LogP contribution in [0.15, 0.2) is 24.3 Å². The summed E-state index contributed by atoms with van der Waals surface area (Å²) in [7, 11) is 0. The molecule has 4 nitrogen and oxygen atoms in total. The number of hydrogen-bond acceptors (Lipinski definition) is 2. The number of aliphatic carboxylic acids is 1. The molecular weight excluding hydrogens is 266 g/mol. The van der Waals surface area contributed by atoms with Crippen molar-refractivity contribution in [2.24, 2.45) is 0 Å². The highest BCUT2D eigenvalue weighted by atomic mass is 35.5. The number of rotatable bonds is 7. The Labute approximate surface area is 117 Å². The summed E-state index contributed by atoms with van der Waals surface area (Å²) in [6.45, 7) is 1.87. The van der Waals surface area contributed by atoms with Gasteiger partial charge < -0.3 is 10.4 Å². The number of carbonyl (C=O) groups is 2. The summed E-state index contributed by atoms with van der Waals surface area (Å²) in [6, 6.07) is 7.22. The second-order valence-electron chi connectivity index (χ2n) is 4.41. The molecule has 104 valence electrons. The molecule has 0 aliphatic heterocycles. The van der Waals surface area contributed by atoms with Crippen LogP contribution in [0.3, 0.4) is 0 Å². The first-order valence-corrected chi connectivity index (χ1v) is 6.64. The van der Waals surface area contributed by atoms with Gasteiger partial charge >= 0.3 is 5.97 Å². The molecule has 0 bridgehead atoms. The van der Waals surface area contributed by atoms with E-state index in [0.29, 0.717) is 24.3 Å². The molecule has 0 unspecified atom stereocenters. The van der Waals surface area contributed by atoms with Crippen LogP contribution in [0.1, 0.15) is 44.2 Å². The molecule has 0 aromatic heterocycles. The second-order valence-corrected chi connectivity index (χ2v) is 4.82. The molecule has 0 radical (unpaired) electrons. The molecule has 19 heavy (non-hydrogen) atoms. The first-order valence-electron chi connectivity index (χ1n) is 6.26. The average molecular weight is 284 g/mol. The number of unbranched alkanes of at least 4 members (excludes halogenated alkanes) is 1. The standard InChI is InChI=1S/C14H18ClNO3/c1-10(11-6-2-3-7-12(11)15)16-13(17)8-4-5-9-14(18)19/h2-3,6-7,10H,4-5,8-9H2,1H3,(H,16,17)(H,18,19)/t10-/m0/s1. The predicted octanol–water partition coefficient (Wildman–Crippen LogP) is 3.16. The van der Waals surface area contributed by atoms with Gasteiger partial charge in [-0.25, -0.2) is 0 Å². The number of nitrogens with one attached hydrogen (secondary N) is 1. The summed E-state index contributed by atoms with van der Waals surface area (Å²) in [4.78, 5) is 22.0. The molecule has 2 N–H and O–H groups in total. The summed E-state index contributed by atoms with van der Waals surface area (Å²) in [5.41, 5.74) is 0.878. The van der Waals surface area contributed by atoms with Crippen molar-refractivity contribution in [1.29, 1.82) is 0 Å². The van der Waals surface area contributed by atoms with Gasteiger partial charge in [0.2, 0.25) is 5.91 Å². The van der Waals surface area contributed by atoms with Crippen molar-refractivity contribution in [1.82, 2.24) is 5.32 Å². The maximum Gasteiger partial charge on any atom is 0.303 e. The van der Waals surface area contributed by atoms with Crippen molar-refractivity contribution in [3.63, 3.8) is 0 Å². The molecule has 0 saturated carbocycles. The van der Waals surface area contributed by atoms with E-state index in [0.717, 1.165) is 5.56 Å². The maximum atomic E-state index is 11.7. The van der Waals surface area contributed by atoms with Crippen LogP contribution in [0.4, 0.5) is 0 Å². The molecule has 1 atom stereocenters. The van der Waals surface area contributed by atoms with Gasteiger partial charge in [0, 0.05) is 17.9 Å². The molecular formula is C14H18ClNO3. The third-order valence-corrected chi connectivity index (χ3v) is 3.14. The quantitative estimate of drug-likeness (QED) is 0.755. The maximum absolute atomic E-state index is 11.7. The van der Waals surface area contributed by atoms with Crippen molar-refractivity contribution in [3.8, 4) is 0 Å². The zero-order chi connectivity index (χ0) is 14.3. The minimum atomic E-state index is -0.829. The number of hydrogen-bond donors (Lipinski definition) is 2. The van der Waals surface area contributed by atoms with Crippen molar-refractivity contribution in [2.45, 2.75) is 38.6 Å². The van der Waals surface area contributed by atoms with Crippen LogP contribution < -0.4 is 5.32 Å². The highest BCUT2D eigenvalue weighted by molar-refractivity contribution is 6.31. The minimum absolute atomic E-state index is 0.0854. The number of carboxylic acids is 1. The number of amides is 1. The number of benzene rings is 1. The lowest BCUT2D eigenvalue weighted by Gasteiger charge is -2.15. The number of carbonyl (C=O) groups excluding carboxylic acids is 1. The van der Waals surface area contributed by atoms with E-state index in [9.17, 15) is 9.59 Å². The molecule has 0 spiro atoms. The summed E-state index contributed by atoms with van der Waals surface area (Å²) >= 11 is 6.05. The van der Waals surface area contributed by atoms with Gasteiger partial charge in [0.25, 0.3) is 0 Å². The van der Waals surface area contributed by atoms with Gasteiger partial charge in [0.15, 0.2) is 0 Å². The zero-order valence-electron chi connectivity index (χ0n) is 10.9. The van der Waals surface area contributed by atoms with Gasteiger partial charge in [-0.1, -0.05) is 29.8 Å². The monoisotopic (exact) mass is 283 g/mol. The Morgan fingerprint density at radius 1 is 1.26 bits per heavy atom. The SMILES string of the molecule is C[C@H](NC(=O)CCCCC(=O)O)c1ccccc1Cl. The topological polar surface area (TPSA) is 66.4 Å². The Bertz CT molecular complexity index is 448. The fourth-order valence-electron chi connectivity index (χ4n) is 1.78. The lowest BCUT2D eigenvalue weighted by atomic mass is 10.1. The molecule has 0 heterocycles. The van der Waals surface area contributed by atoms with E-state index < -0.39 is 5.97 Å². The Balaban J connectivity index is 2.36. The first-order chi connectivity index (χ1) is 9.00. The largest absolute Gasteiger partial charge is 0.481 e. The number of halogens is 1. The molecule has 1 aromatic rings. The molecule has 0 aliphatic carbocycles. The van der Waals surface area contributed by atoms with E-state index >= 15 is 0 Å². The molecule has 1 aromatic carbocycles. The van der Waals surface area contributed by atoms with Crippen LogP contribution >= 0.6 is 11.6 Å². The summed E-state index contributed by atoms with van der Waals surface area (Å²) in [6.07, 6.45) is 1.53. The van der Waals surface area contributed by atoms with Gasteiger partial charge in [-0.15, -0.1) is 0 Å². The predicted molar refractivity (Wildman–Crippen MR) is 74.1 cm³/mol. The smallest absolute Gasteiger partial charge is 0.303 e. The third kappa shape index (κ3) is 5.75. The average Bonchev–Trinajstić information content (AvgIpc) is 2.35. The molecule has 5 heteroatoms. The van der Waals surface area contributed by atoms with Crippen molar-refractivity contribution in [2.75, 3.05) is 0 Å². The Kier molecular flexibility index (Phi) is 6.36. The van der Waals surface area contributed by atoms with Gasteiger partial charge in [-0.05, 0) is 31.4 Å². The van der Waals surface area contributed by atoms with E-state index in [1.807, 2.05) is 25.1 Å². The van der Waals surface area contributed by atoms with Crippen molar-refractivity contribution in [3.05, 3.63) is 34.9 Å². The van der Waals surface area contributed by atoms with Crippen molar-refractivity contribution < 1.29 is 14.7 Å². The Morgan fingerprint density at radius 2 is 1.89 bits per heavy atom. The second kappa shape index (κ2) is 7.79. The van der Waals surface area contributed by atoms with Crippen LogP contribution in [-0.4, -0.2) is 17.0 Å². The lowest BCUT2D eigenvalue weighted by Crippen LogP contribution is -2.26. The van der Waals surface area contributed by atoms with Crippen molar-refractivity contribution >= 4 is 23.5 Å². The number of carboxylic acid groups (broad SMARTS) is 1. The highest BCUT2D eigenvalue weighted by Crippen LogP contribution is 2.22. The van der Waals surface area contributed by atoms with Gasteiger partial charge in [0.1, 0.15) is 0 Å². The molecule has 1 rings (SSSR count). The normalized spacial score (nSPS) is 11.9. The third-order valence-electron chi connectivity index (χ3n) is 2.79. The summed E-state index contributed by atoms with van der Waals surface area (Å²) in [5, 5.41) is 12.0. The van der Waals surface area contributed by atoms with Crippen LogP contribution in [0.2, 0.25) is 5.02 Å². The molecule has 0 saturated heterocycles. The summed E-state index contributed by atoms with van der Waals surface area (Å²) in [5.74, 6) is -0.914. The first kappa shape index (κ1) is 15.5. The van der Waals surface area contributed by atoms with E-state index in [4.69, 9.17) is 16.7 Å². The Morgan fingerprint density at radius 3 is 2.53 bits per heavy atom. The molecule has 1 amide bonds. The lowest BCUT2D eigenvalue weighted by molar-refractivity contribution is -0.137. The zero-order valence-corrected chi connectivity index (χ0v) is 11.6. The Hall–Kier alpha value is -1.55. The minimum Gasteiger partial charge on any atom is -0.481 e. The van der Waals surface area contributed by atoms with Crippen LogP contribution in [-0.2, 0) is 9.59 Å². The van der Waals surface area contributed by atoms with Crippen LogP contribution in [0.25, 0.3) is 0 Å². The van der Waals surface area contributed by atoms with Crippen LogP contribution in [0.5, 0.6) is 0 Å². The van der Waals surface area contributed by atoms with Gasteiger partial charge in [-0.3, -0.25) is 9.59 Å². The van der Waals surface area contributed by atoms with E-state index in [-0.39, 0.29) is 18.4 Å². The molecule has 0 aliphatic rings. The van der Waals surface area contributed by atoms with E-state index in [2.05, 4.69) is 5.32 Å². The van der Waals surface area contributed by atoms with E-state index in [1.54, 1.807) is 6.07 Å². The fraction of sp³-hybridized carbons (Fsp3) is 0.429. The fourth-order valence-corrected chi connectivity index (χ4v) is 2.08.